The fourth-order valence-corrected chi connectivity index (χ4v) is 4.54. The molecule has 1 fully saturated rings. The van der Waals surface area contributed by atoms with Crippen molar-refractivity contribution in [3.8, 4) is 5.75 Å². The zero-order chi connectivity index (χ0) is 24.0. The second-order valence-corrected chi connectivity index (χ2v) is 8.67. The molecule has 35 heavy (non-hydrogen) atoms. The molecule has 1 amide bonds. The van der Waals surface area contributed by atoms with Crippen molar-refractivity contribution in [1.82, 2.24) is 14.9 Å². The summed E-state index contributed by atoms with van der Waals surface area (Å²) in [5.74, 6) is 1.37. The van der Waals surface area contributed by atoms with Gasteiger partial charge in [-0.1, -0.05) is 24.3 Å². The molecule has 1 saturated heterocycles. The smallest absolute Gasteiger partial charge is 0.257 e. The van der Waals surface area contributed by atoms with E-state index in [1.54, 1.807) is 19.4 Å². The highest BCUT2D eigenvalue weighted by Crippen LogP contribution is 2.25. The van der Waals surface area contributed by atoms with Gasteiger partial charge in [0.05, 0.1) is 25.9 Å². The van der Waals surface area contributed by atoms with Crippen molar-refractivity contribution in [2.45, 2.75) is 6.42 Å². The first-order chi connectivity index (χ1) is 17.2. The number of methoxy groups -OCH3 is 1. The summed E-state index contributed by atoms with van der Waals surface area (Å²) in [6.07, 6.45) is 6.22. The zero-order valence-corrected chi connectivity index (χ0v) is 19.7. The quantitative estimate of drug-likeness (QED) is 0.442. The Morgan fingerprint density at radius 3 is 2.97 bits per heavy atom. The van der Waals surface area contributed by atoms with Crippen molar-refractivity contribution in [2.24, 2.45) is 5.92 Å². The monoisotopic (exact) mass is 468 g/mol. The summed E-state index contributed by atoms with van der Waals surface area (Å²) in [6.45, 7) is 2.28. The van der Waals surface area contributed by atoms with Crippen LogP contribution in [0.15, 0.2) is 79.3 Å². The molecule has 7 heteroatoms. The van der Waals surface area contributed by atoms with Gasteiger partial charge in [0, 0.05) is 54.7 Å². The van der Waals surface area contributed by atoms with Crippen LogP contribution >= 0.6 is 0 Å². The summed E-state index contributed by atoms with van der Waals surface area (Å²) in [7, 11) is 1.63. The fourth-order valence-electron chi connectivity index (χ4n) is 4.54. The number of rotatable bonds is 6. The van der Waals surface area contributed by atoms with Crippen LogP contribution in [-0.4, -0.2) is 54.2 Å². The molecule has 4 aromatic rings. The predicted octanol–water partition coefficient (Wildman–Crippen LogP) is 4.71. The van der Waals surface area contributed by atoms with Gasteiger partial charge in [0.25, 0.3) is 5.91 Å². The number of hydrogen-bond acceptors (Lipinski definition) is 6. The van der Waals surface area contributed by atoms with Crippen LogP contribution < -0.4 is 10.1 Å². The number of nitrogens with zero attached hydrogens (tertiary/aromatic N) is 3. The van der Waals surface area contributed by atoms with Crippen molar-refractivity contribution < 1.29 is 14.3 Å². The lowest BCUT2D eigenvalue weighted by atomic mass is 9.95. The lowest BCUT2D eigenvalue weighted by molar-refractivity contribution is 0.0738. The van der Waals surface area contributed by atoms with E-state index < -0.39 is 0 Å². The molecule has 1 aliphatic rings. The number of carbonyl (C=O) groups is 1. The van der Waals surface area contributed by atoms with Crippen LogP contribution in [0.1, 0.15) is 15.9 Å². The van der Waals surface area contributed by atoms with Crippen LogP contribution in [0.25, 0.3) is 10.8 Å². The minimum atomic E-state index is -0.0569. The van der Waals surface area contributed by atoms with E-state index in [1.807, 2.05) is 53.7 Å². The number of anilines is 2. The van der Waals surface area contributed by atoms with Crippen LogP contribution in [-0.2, 0) is 11.2 Å². The number of amides is 1. The van der Waals surface area contributed by atoms with Gasteiger partial charge < -0.3 is 19.7 Å². The van der Waals surface area contributed by atoms with E-state index in [0.717, 1.165) is 23.2 Å². The number of ether oxygens (including phenoxy) is 2. The summed E-state index contributed by atoms with van der Waals surface area (Å²) < 4.78 is 11.2. The molecule has 0 saturated carbocycles. The van der Waals surface area contributed by atoms with E-state index >= 15 is 0 Å². The third-order valence-electron chi connectivity index (χ3n) is 6.28. The predicted molar refractivity (Wildman–Crippen MR) is 136 cm³/mol. The van der Waals surface area contributed by atoms with Crippen molar-refractivity contribution in [3.63, 3.8) is 0 Å². The summed E-state index contributed by atoms with van der Waals surface area (Å²) in [4.78, 5) is 24.3. The number of carbonyl (C=O) groups excluding carboxylic acids is 1. The molecule has 178 valence electrons. The Labute approximate surface area is 204 Å². The summed E-state index contributed by atoms with van der Waals surface area (Å²) in [5, 5.41) is 5.59. The second-order valence-electron chi connectivity index (χ2n) is 8.67. The van der Waals surface area contributed by atoms with Crippen LogP contribution in [0.4, 0.5) is 11.5 Å². The highest BCUT2D eigenvalue weighted by atomic mass is 16.5. The topological polar surface area (TPSA) is 76.6 Å². The Bertz CT molecular complexity index is 1320. The van der Waals surface area contributed by atoms with Gasteiger partial charge in [-0.25, -0.2) is 4.98 Å². The summed E-state index contributed by atoms with van der Waals surface area (Å²) in [6, 6.07) is 19.5. The van der Waals surface area contributed by atoms with Crippen molar-refractivity contribution in [3.05, 3.63) is 90.4 Å². The van der Waals surface area contributed by atoms with Gasteiger partial charge in [0.2, 0.25) is 0 Å². The maximum atomic E-state index is 13.7. The fraction of sp³-hybridized carbons (Fsp3) is 0.250. The number of aromatic nitrogens is 2. The molecule has 7 nitrogen and oxygen atoms in total. The SMILES string of the molecule is COc1cccc(Nc2ncccc2C(=O)N2CCOCC(Cc3cccc4ccncc34)C2)c1. The maximum Gasteiger partial charge on any atom is 0.257 e. The van der Waals surface area contributed by atoms with E-state index in [9.17, 15) is 4.79 Å². The molecule has 0 bridgehead atoms. The Morgan fingerprint density at radius 1 is 1.14 bits per heavy atom. The van der Waals surface area contributed by atoms with Crippen LogP contribution in [0, 0.1) is 5.92 Å². The van der Waals surface area contributed by atoms with Crippen molar-refractivity contribution in [1.29, 1.82) is 0 Å². The molecule has 1 unspecified atom stereocenters. The Kier molecular flexibility index (Phi) is 6.86. The third kappa shape index (κ3) is 5.25. The van der Waals surface area contributed by atoms with Gasteiger partial charge in [-0.3, -0.25) is 9.78 Å². The maximum absolute atomic E-state index is 13.7. The molecule has 0 radical (unpaired) electrons. The first kappa shape index (κ1) is 22.8. The van der Waals surface area contributed by atoms with Gasteiger partial charge in [-0.05, 0) is 47.7 Å². The van der Waals surface area contributed by atoms with Crippen LogP contribution in [0.5, 0.6) is 5.75 Å². The summed E-state index contributed by atoms with van der Waals surface area (Å²) >= 11 is 0. The second kappa shape index (κ2) is 10.5. The molecule has 5 rings (SSSR count). The molecular formula is C28H28N4O3. The van der Waals surface area contributed by atoms with Gasteiger partial charge in [0.15, 0.2) is 0 Å². The zero-order valence-electron chi connectivity index (χ0n) is 19.7. The highest BCUT2D eigenvalue weighted by Gasteiger charge is 2.26. The van der Waals surface area contributed by atoms with Gasteiger partial charge in [-0.15, -0.1) is 0 Å². The molecule has 0 aliphatic carbocycles. The number of fused-ring (bicyclic) bond motifs is 1. The van der Waals surface area contributed by atoms with Gasteiger partial charge in [0.1, 0.15) is 11.6 Å². The van der Waals surface area contributed by atoms with E-state index in [4.69, 9.17) is 9.47 Å². The average Bonchev–Trinajstić information content (AvgIpc) is 3.14. The summed E-state index contributed by atoms with van der Waals surface area (Å²) in [5.41, 5.74) is 2.56. The van der Waals surface area contributed by atoms with Crippen molar-refractivity contribution in [2.75, 3.05) is 38.7 Å². The number of hydrogen-bond donors (Lipinski definition) is 1. The minimum Gasteiger partial charge on any atom is -0.497 e. The normalized spacial score (nSPS) is 16.0. The first-order valence-electron chi connectivity index (χ1n) is 11.8. The van der Waals surface area contributed by atoms with Crippen LogP contribution in [0.2, 0.25) is 0 Å². The Balaban J connectivity index is 1.35. The average molecular weight is 469 g/mol. The Morgan fingerprint density at radius 2 is 2.06 bits per heavy atom. The molecular weight excluding hydrogens is 440 g/mol. The van der Waals surface area contributed by atoms with E-state index in [2.05, 4.69) is 33.5 Å². The first-order valence-corrected chi connectivity index (χ1v) is 11.8. The molecule has 1 atom stereocenters. The third-order valence-corrected chi connectivity index (χ3v) is 6.28. The van der Waals surface area contributed by atoms with Crippen LogP contribution in [0.3, 0.4) is 0 Å². The Hall–Kier alpha value is -3.97. The molecule has 1 aliphatic heterocycles. The van der Waals surface area contributed by atoms with Crippen molar-refractivity contribution >= 4 is 28.2 Å². The number of pyridine rings is 2. The molecule has 0 spiro atoms. The highest BCUT2D eigenvalue weighted by molar-refractivity contribution is 5.99. The molecule has 2 aromatic heterocycles. The van der Waals surface area contributed by atoms with E-state index in [-0.39, 0.29) is 11.8 Å². The van der Waals surface area contributed by atoms with Gasteiger partial charge in [-0.2, -0.15) is 0 Å². The minimum absolute atomic E-state index is 0.0569. The molecule has 1 N–H and O–H groups in total. The number of benzene rings is 2. The number of nitrogens with one attached hydrogen (secondary N) is 1. The van der Waals surface area contributed by atoms with E-state index in [0.29, 0.717) is 37.7 Å². The molecule has 3 heterocycles. The lowest BCUT2D eigenvalue weighted by Crippen LogP contribution is -2.36. The standard InChI is InChI=1S/C28H28N4O3/c1-34-24-8-3-7-23(16-24)31-27-25(9-4-11-30-27)28(33)32-13-14-35-19-20(18-32)15-22-6-2-5-21-10-12-29-17-26(21)22/h2-12,16-17,20H,13-15,18-19H2,1H3,(H,30,31). The largest absolute Gasteiger partial charge is 0.497 e. The lowest BCUT2D eigenvalue weighted by Gasteiger charge is -2.25. The van der Waals surface area contributed by atoms with E-state index in [1.165, 1.54) is 10.9 Å². The van der Waals surface area contributed by atoms with Gasteiger partial charge >= 0.3 is 0 Å². The molecule has 2 aromatic carbocycles.